The molecule has 0 heterocycles. The summed E-state index contributed by atoms with van der Waals surface area (Å²) in [6.45, 7) is 0. The summed E-state index contributed by atoms with van der Waals surface area (Å²) in [5, 5.41) is 9.24. The maximum Gasteiger partial charge on any atom is 0.183 e. The Hall–Kier alpha value is -1.87. The second-order valence-electron chi connectivity index (χ2n) is 5.61. The predicted octanol–water partition coefficient (Wildman–Crippen LogP) is 3.64. The third kappa shape index (κ3) is 2.51. The largest absolute Gasteiger partial charge is 0.302 e. The number of halogens is 2. The Morgan fingerprint density at radius 3 is 1.96 bits per heavy atom. The molecule has 0 bridgehead atoms. The number of nitrogens with zero attached hydrogens (tertiary/aromatic N) is 1. The van der Waals surface area contributed by atoms with Crippen LogP contribution in [0, 0.1) is 16.7 Å². The summed E-state index contributed by atoms with van der Waals surface area (Å²) < 4.78 is 25.8. The lowest BCUT2D eigenvalue weighted by Crippen LogP contribution is -2.16. The molecule has 0 amide bonds. The quantitative estimate of drug-likeness (QED) is 0.759. The van der Waals surface area contributed by atoms with E-state index in [2.05, 4.69) is 0 Å². The first kappa shape index (κ1) is 17.0. The number of benzene rings is 2. The minimum absolute atomic E-state index is 0.0369. The highest BCUT2D eigenvalue weighted by molar-refractivity contribution is 7.92. The van der Waals surface area contributed by atoms with Gasteiger partial charge in [-0.25, -0.2) is 8.42 Å². The highest BCUT2D eigenvalue weighted by Crippen LogP contribution is 2.62. The maximum absolute atomic E-state index is 12.9. The molecule has 24 heavy (non-hydrogen) atoms. The van der Waals surface area contributed by atoms with Gasteiger partial charge < -0.3 is 4.79 Å². The van der Waals surface area contributed by atoms with E-state index >= 15 is 0 Å². The third-order valence-electron chi connectivity index (χ3n) is 4.27. The van der Waals surface area contributed by atoms with Crippen LogP contribution in [0.3, 0.4) is 0 Å². The molecule has 2 aromatic carbocycles. The average molecular weight is 380 g/mol. The lowest BCUT2D eigenvalue weighted by atomic mass is 10.0. The minimum atomic E-state index is -3.87. The van der Waals surface area contributed by atoms with Crippen LogP contribution in [0.5, 0.6) is 0 Å². The van der Waals surface area contributed by atoms with Gasteiger partial charge in [0.05, 0.1) is 11.0 Å². The summed E-state index contributed by atoms with van der Waals surface area (Å²) >= 11 is 11.6. The standard InChI is InChI=1S/C17H11Cl2NO3S/c18-12-3-1-11(2-4-12)15-16(17(15,9-20)10-21)24(22,23)14-7-5-13(19)6-8-14/h1-8,10,15-16H/t15-,16-,17+/m0/s1. The van der Waals surface area contributed by atoms with Crippen LogP contribution < -0.4 is 0 Å². The molecule has 122 valence electrons. The predicted molar refractivity (Wildman–Crippen MR) is 90.7 cm³/mol. The maximum atomic E-state index is 12.9. The minimum Gasteiger partial charge on any atom is -0.302 e. The van der Waals surface area contributed by atoms with Crippen LogP contribution in [0.25, 0.3) is 0 Å². The molecule has 0 radical (unpaired) electrons. The van der Waals surface area contributed by atoms with Gasteiger partial charge >= 0.3 is 0 Å². The molecule has 1 saturated carbocycles. The monoisotopic (exact) mass is 379 g/mol. The summed E-state index contributed by atoms with van der Waals surface area (Å²) in [6, 6.07) is 14.1. The van der Waals surface area contributed by atoms with Crippen LogP contribution in [0.15, 0.2) is 53.4 Å². The average Bonchev–Trinajstić information content (AvgIpc) is 3.26. The Kier molecular flexibility index (Phi) is 4.16. The first-order valence-electron chi connectivity index (χ1n) is 6.99. The van der Waals surface area contributed by atoms with Crippen molar-refractivity contribution in [1.29, 1.82) is 5.26 Å². The van der Waals surface area contributed by atoms with Gasteiger partial charge in [-0.05, 0) is 42.0 Å². The fourth-order valence-corrected chi connectivity index (χ4v) is 5.49. The van der Waals surface area contributed by atoms with Crippen LogP contribution >= 0.6 is 23.2 Å². The highest BCUT2D eigenvalue weighted by Gasteiger charge is 2.72. The summed E-state index contributed by atoms with van der Waals surface area (Å²) in [5.41, 5.74) is -0.998. The molecule has 1 aliphatic carbocycles. The van der Waals surface area contributed by atoms with Gasteiger partial charge in [0, 0.05) is 16.0 Å². The number of hydrogen-bond donors (Lipinski definition) is 0. The number of carbonyl (C=O) groups is 1. The Labute approximate surface area is 149 Å². The summed E-state index contributed by atoms with van der Waals surface area (Å²) in [6.07, 6.45) is 0.435. The van der Waals surface area contributed by atoms with E-state index in [1.807, 2.05) is 6.07 Å². The second-order valence-corrected chi connectivity index (χ2v) is 8.55. The molecule has 1 fully saturated rings. The second kappa shape index (κ2) is 5.89. The van der Waals surface area contributed by atoms with E-state index in [1.165, 1.54) is 24.3 Å². The number of nitriles is 1. The van der Waals surface area contributed by atoms with Gasteiger partial charge in [0.25, 0.3) is 0 Å². The van der Waals surface area contributed by atoms with Gasteiger partial charge in [0.15, 0.2) is 9.84 Å². The molecular weight excluding hydrogens is 369 g/mol. The number of sulfone groups is 1. The molecule has 4 nitrogen and oxygen atoms in total. The van der Waals surface area contributed by atoms with Crippen molar-refractivity contribution in [1.82, 2.24) is 0 Å². The lowest BCUT2D eigenvalue weighted by molar-refractivity contribution is -0.110. The van der Waals surface area contributed by atoms with Crippen molar-refractivity contribution < 1.29 is 13.2 Å². The van der Waals surface area contributed by atoms with Gasteiger partial charge in [-0.3, -0.25) is 0 Å². The fraction of sp³-hybridized carbons (Fsp3) is 0.176. The first-order chi connectivity index (χ1) is 11.4. The molecule has 3 rings (SSSR count). The number of rotatable bonds is 4. The SMILES string of the molecule is N#C[C@@]1(C=O)[C@@H](c2ccc(Cl)cc2)[C@@H]1S(=O)(=O)c1ccc(Cl)cc1. The van der Waals surface area contributed by atoms with Crippen molar-refractivity contribution in [2.75, 3.05) is 0 Å². The van der Waals surface area contributed by atoms with Crippen LogP contribution in [-0.2, 0) is 14.6 Å². The molecular formula is C17H11Cl2NO3S. The van der Waals surface area contributed by atoms with Crippen molar-refractivity contribution in [3.63, 3.8) is 0 Å². The van der Waals surface area contributed by atoms with Crippen molar-refractivity contribution in [2.24, 2.45) is 5.41 Å². The van der Waals surface area contributed by atoms with E-state index < -0.39 is 26.4 Å². The van der Waals surface area contributed by atoms with E-state index in [0.29, 0.717) is 21.9 Å². The van der Waals surface area contributed by atoms with Crippen molar-refractivity contribution in [3.05, 3.63) is 64.1 Å². The van der Waals surface area contributed by atoms with Crippen LogP contribution in [-0.4, -0.2) is 20.0 Å². The number of hydrogen-bond acceptors (Lipinski definition) is 4. The summed E-state index contributed by atoms with van der Waals surface area (Å²) in [5.74, 6) is -0.724. The molecule has 3 atom stereocenters. The Morgan fingerprint density at radius 2 is 1.50 bits per heavy atom. The summed E-state index contributed by atoms with van der Waals surface area (Å²) in [4.78, 5) is 11.6. The lowest BCUT2D eigenvalue weighted by Gasteiger charge is -2.04. The van der Waals surface area contributed by atoms with Gasteiger partial charge in [0.1, 0.15) is 17.0 Å². The topological polar surface area (TPSA) is 75.0 Å². The van der Waals surface area contributed by atoms with Gasteiger partial charge in [0.2, 0.25) is 0 Å². The van der Waals surface area contributed by atoms with E-state index in [9.17, 15) is 18.5 Å². The van der Waals surface area contributed by atoms with Gasteiger partial charge in [-0.15, -0.1) is 0 Å². The third-order valence-corrected chi connectivity index (χ3v) is 7.04. The Bertz CT molecular complexity index is 933. The zero-order valence-corrected chi connectivity index (χ0v) is 14.5. The van der Waals surface area contributed by atoms with E-state index in [-0.39, 0.29) is 4.90 Å². The van der Waals surface area contributed by atoms with Gasteiger partial charge in [-0.2, -0.15) is 5.26 Å². The molecule has 0 unspecified atom stereocenters. The molecule has 0 N–H and O–H groups in total. The molecule has 0 aromatic heterocycles. The smallest absolute Gasteiger partial charge is 0.183 e. The van der Waals surface area contributed by atoms with Crippen LogP contribution in [0.1, 0.15) is 11.5 Å². The molecule has 0 spiro atoms. The number of carbonyl (C=O) groups excluding carboxylic acids is 1. The zero-order valence-electron chi connectivity index (χ0n) is 12.2. The van der Waals surface area contributed by atoms with E-state index in [0.717, 1.165) is 0 Å². The normalized spacial score (nSPS) is 25.7. The molecule has 1 aliphatic rings. The molecule has 0 saturated heterocycles. The molecule has 7 heteroatoms. The molecule has 0 aliphatic heterocycles. The van der Waals surface area contributed by atoms with E-state index in [1.54, 1.807) is 24.3 Å². The number of aldehydes is 1. The van der Waals surface area contributed by atoms with Crippen molar-refractivity contribution in [2.45, 2.75) is 16.1 Å². The zero-order chi connectivity index (χ0) is 17.5. The Balaban J connectivity index is 2.08. The Morgan fingerprint density at radius 1 is 1.00 bits per heavy atom. The van der Waals surface area contributed by atoms with Crippen LogP contribution in [0.4, 0.5) is 0 Å². The van der Waals surface area contributed by atoms with Gasteiger partial charge in [-0.1, -0.05) is 35.3 Å². The van der Waals surface area contributed by atoms with Crippen LogP contribution in [0.2, 0.25) is 10.0 Å². The fourth-order valence-electron chi connectivity index (χ4n) is 3.00. The van der Waals surface area contributed by atoms with Crippen molar-refractivity contribution >= 4 is 39.3 Å². The molecule has 2 aromatic rings. The highest BCUT2D eigenvalue weighted by atomic mass is 35.5. The van der Waals surface area contributed by atoms with Crippen molar-refractivity contribution in [3.8, 4) is 6.07 Å². The first-order valence-corrected chi connectivity index (χ1v) is 9.29. The van der Waals surface area contributed by atoms with E-state index in [4.69, 9.17) is 23.2 Å². The summed E-state index contributed by atoms with van der Waals surface area (Å²) in [7, 11) is -3.87.